The van der Waals surface area contributed by atoms with Crippen molar-refractivity contribution in [3.05, 3.63) is 66.0 Å². The Hall–Kier alpha value is -3.56. The first-order chi connectivity index (χ1) is 15.2. The Morgan fingerprint density at radius 3 is 2.38 bits per heavy atom. The van der Waals surface area contributed by atoms with Gasteiger partial charge in [0.25, 0.3) is 11.8 Å². The number of carbonyl (C=O) groups excluding carboxylic acids is 1. The number of benzene rings is 1. The molecule has 0 unspecified atom stereocenters. The van der Waals surface area contributed by atoms with Gasteiger partial charge in [0.05, 0.1) is 11.1 Å². The molecule has 0 fully saturated rings. The third-order valence-corrected chi connectivity index (χ3v) is 4.88. The monoisotopic (exact) mass is 444 g/mol. The quantitative estimate of drug-likeness (QED) is 0.562. The van der Waals surface area contributed by atoms with Gasteiger partial charge in [-0.25, -0.2) is 33.1 Å². The van der Waals surface area contributed by atoms with Crippen LogP contribution in [0.5, 0.6) is 0 Å². The van der Waals surface area contributed by atoms with Crippen LogP contribution in [0.2, 0.25) is 0 Å². The first-order valence-electron chi connectivity index (χ1n) is 10.0. The van der Waals surface area contributed by atoms with Crippen LogP contribution in [0.15, 0.2) is 49.1 Å². The molecule has 0 aliphatic rings. The summed E-state index contributed by atoms with van der Waals surface area (Å²) in [7, 11) is 0. The standard InChI is InChI=1S/C22H23F3N6O/c1-4-31(14(2)11-28-21-29-12-15(13-30-21)22(3,24)25)20(32)18-16(7-5-8-17(18)23)19-26-9-6-10-27-19/h5-10,12-14H,4,11H2,1-3H3,(H,28,29,30)/t14-/m0/s1. The van der Waals surface area contributed by atoms with E-state index in [2.05, 4.69) is 25.3 Å². The summed E-state index contributed by atoms with van der Waals surface area (Å²) in [5, 5.41) is 2.93. The summed E-state index contributed by atoms with van der Waals surface area (Å²) in [6, 6.07) is 5.57. The van der Waals surface area contributed by atoms with E-state index >= 15 is 0 Å². The van der Waals surface area contributed by atoms with Crippen molar-refractivity contribution in [1.82, 2.24) is 24.8 Å². The minimum absolute atomic E-state index is 0.113. The maximum Gasteiger partial charge on any atom is 0.273 e. The summed E-state index contributed by atoms with van der Waals surface area (Å²) >= 11 is 0. The van der Waals surface area contributed by atoms with E-state index < -0.39 is 17.6 Å². The van der Waals surface area contributed by atoms with Crippen molar-refractivity contribution in [3.63, 3.8) is 0 Å². The van der Waals surface area contributed by atoms with Crippen LogP contribution in [-0.2, 0) is 5.92 Å². The lowest BCUT2D eigenvalue weighted by molar-refractivity contribution is 0.0167. The van der Waals surface area contributed by atoms with Gasteiger partial charge in [0.2, 0.25) is 5.95 Å². The molecule has 1 atom stereocenters. The Kier molecular flexibility index (Phi) is 7.01. The van der Waals surface area contributed by atoms with E-state index in [0.29, 0.717) is 12.1 Å². The first kappa shape index (κ1) is 23.1. The predicted octanol–water partition coefficient (Wildman–Crippen LogP) is 4.15. The second-order valence-corrected chi connectivity index (χ2v) is 7.24. The highest BCUT2D eigenvalue weighted by atomic mass is 19.3. The lowest BCUT2D eigenvalue weighted by atomic mass is 10.0. The van der Waals surface area contributed by atoms with Crippen LogP contribution < -0.4 is 5.32 Å². The number of carbonyl (C=O) groups is 1. The summed E-state index contributed by atoms with van der Waals surface area (Å²) in [6.07, 6.45) is 5.14. The summed E-state index contributed by atoms with van der Waals surface area (Å²) in [5.74, 6) is -3.81. The molecule has 0 saturated carbocycles. The molecule has 0 aliphatic carbocycles. The van der Waals surface area contributed by atoms with Crippen LogP contribution in [0, 0.1) is 5.82 Å². The largest absolute Gasteiger partial charge is 0.352 e. The number of hydrogen-bond acceptors (Lipinski definition) is 6. The molecule has 2 aromatic heterocycles. The van der Waals surface area contributed by atoms with E-state index in [1.807, 2.05) is 0 Å². The van der Waals surface area contributed by atoms with Gasteiger partial charge in [-0.2, -0.15) is 0 Å². The van der Waals surface area contributed by atoms with Gasteiger partial charge in [0, 0.05) is 56.4 Å². The van der Waals surface area contributed by atoms with E-state index in [1.165, 1.54) is 29.4 Å². The van der Waals surface area contributed by atoms with Crippen molar-refractivity contribution < 1.29 is 18.0 Å². The van der Waals surface area contributed by atoms with Gasteiger partial charge in [0.1, 0.15) is 5.82 Å². The van der Waals surface area contributed by atoms with Crippen LogP contribution in [-0.4, -0.2) is 49.9 Å². The van der Waals surface area contributed by atoms with Gasteiger partial charge in [-0.05, 0) is 26.0 Å². The number of nitrogens with one attached hydrogen (secondary N) is 1. The van der Waals surface area contributed by atoms with Crippen LogP contribution >= 0.6 is 0 Å². The molecule has 168 valence electrons. The zero-order chi connectivity index (χ0) is 23.3. The van der Waals surface area contributed by atoms with Gasteiger partial charge in [-0.3, -0.25) is 4.79 Å². The molecule has 0 aliphatic heterocycles. The van der Waals surface area contributed by atoms with Gasteiger partial charge < -0.3 is 10.2 Å². The van der Waals surface area contributed by atoms with E-state index in [4.69, 9.17) is 0 Å². The normalized spacial score (nSPS) is 12.3. The Balaban J connectivity index is 1.78. The van der Waals surface area contributed by atoms with Gasteiger partial charge in [-0.1, -0.05) is 12.1 Å². The molecule has 0 radical (unpaired) electrons. The molecule has 7 nitrogen and oxygen atoms in total. The molecule has 1 N–H and O–H groups in total. The van der Waals surface area contributed by atoms with Crippen LogP contribution in [0.1, 0.15) is 36.7 Å². The van der Waals surface area contributed by atoms with Gasteiger partial charge >= 0.3 is 0 Å². The molecule has 3 rings (SSSR count). The summed E-state index contributed by atoms with van der Waals surface area (Å²) in [6.45, 7) is 4.87. The SMILES string of the molecule is CCN(C(=O)c1c(F)cccc1-c1ncccn1)[C@@H](C)CNc1ncc(C(C)(F)F)cn1. The fourth-order valence-corrected chi connectivity index (χ4v) is 3.16. The summed E-state index contributed by atoms with van der Waals surface area (Å²) < 4.78 is 41.3. The fourth-order valence-electron chi connectivity index (χ4n) is 3.16. The van der Waals surface area contributed by atoms with Crippen molar-refractivity contribution in [1.29, 1.82) is 0 Å². The van der Waals surface area contributed by atoms with E-state index in [1.54, 1.807) is 26.0 Å². The highest BCUT2D eigenvalue weighted by Crippen LogP contribution is 2.26. The second-order valence-electron chi connectivity index (χ2n) is 7.24. The lowest BCUT2D eigenvalue weighted by Gasteiger charge is -2.29. The average molecular weight is 444 g/mol. The highest BCUT2D eigenvalue weighted by Gasteiger charge is 2.27. The smallest absolute Gasteiger partial charge is 0.273 e. The Morgan fingerprint density at radius 2 is 1.78 bits per heavy atom. The minimum Gasteiger partial charge on any atom is -0.352 e. The molecule has 3 aromatic rings. The third kappa shape index (κ3) is 5.19. The number of halogens is 3. The average Bonchev–Trinajstić information content (AvgIpc) is 2.78. The lowest BCUT2D eigenvalue weighted by Crippen LogP contribution is -2.43. The zero-order valence-electron chi connectivity index (χ0n) is 17.9. The van der Waals surface area contributed by atoms with Crippen molar-refractivity contribution in [2.75, 3.05) is 18.4 Å². The van der Waals surface area contributed by atoms with Crippen LogP contribution in [0.4, 0.5) is 19.1 Å². The number of nitrogens with zero attached hydrogens (tertiary/aromatic N) is 5. The van der Waals surface area contributed by atoms with E-state index in [-0.39, 0.29) is 35.5 Å². The highest BCUT2D eigenvalue weighted by molar-refractivity contribution is 6.00. The summed E-state index contributed by atoms with van der Waals surface area (Å²) in [5.41, 5.74) is -0.108. The number of alkyl halides is 2. The van der Waals surface area contributed by atoms with Crippen LogP contribution in [0.3, 0.4) is 0 Å². The number of anilines is 1. The summed E-state index contributed by atoms with van der Waals surface area (Å²) in [4.78, 5) is 30.8. The number of hydrogen-bond donors (Lipinski definition) is 1. The first-order valence-corrected chi connectivity index (χ1v) is 10.0. The van der Waals surface area contributed by atoms with Gasteiger partial charge in [0.15, 0.2) is 5.82 Å². The van der Waals surface area contributed by atoms with Crippen molar-refractivity contribution in [3.8, 4) is 11.4 Å². The number of aromatic nitrogens is 4. The molecule has 10 heteroatoms. The van der Waals surface area contributed by atoms with E-state index in [9.17, 15) is 18.0 Å². The minimum atomic E-state index is -3.03. The predicted molar refractivity (Wildman–Crippen MR) is 114 cm³/mol. The number of amides is 1. The number of rotatable bonds is 8. The molecule has 2 heterocycles. The molecule has 0 bridgehead atoms. The van der Waals surface area contributed by atoms with Crippen LogP contribution in [0.25, 0.3) is 11.4 Å². The maximum absolute atomic E-state index is 14.7. The van der Waals surface area contributed by atoms with Crippen molar-refractivity contribution >= 4 is 11.9 Å². The Morgan fingerprint density at radius 1 is 1.12 bits per heavy atom. The van der Waals surface area contributed by atoms with Crippen molar-refractivity contribution in [2.24, 2.45) is 0 Å². The zero-order valence-corrected chi connectivity index (χ0v) is 17.9. The van der Waals surface area contributed by atoms with E-state index in [0.717, 1.165) is 19.3 Å². The van der Waals surface area contributed by atoms with Crippen molar-refractivity contribution in [2.45, 2.75) is 32.7 Å². The molecular formula is C22H23F3N6O. The second kappa shape index (κ2) is 9.71. The molecule has 0 spiro atoms. The topological polar surface area (TPSA) is 83.9 Å². The molecular weight excluding hydrogens is 421 g/mol. The Bertz CT molecular complexity index is 1060. The molecule has 0 saturated heterocycles. The Labute approximate surface area is 183 Å². The molecule has 1 aromatic carbocycles. The number of likely N-dealkylation sites (N-methyl/N-ethyl adjacent to an activating group) is 1. The van der Waals surface area contributed by atoms with Gasteiger partial charge in [-0.15, -0.1) is 0 Å². The molecule has 32 heavy (non-hydrogen) atoms. The fraction of sp³-hybridized carbons (Fsp3) is 0.318. The molecule has 1 amide bonds. The maximum atomic E-state index is 14.7. The third-order valence-electron chi connectivity index (χ3n) is 4.88.